The fourth-order valence-electron chi connectivity index (χ4n) is 4.51. The Hall–Kier alpha value is -3.64. The van der Waals surface area contributed by atoms with Crippen LogP contribution in [0.2, 0.25) is 0 Å². The van der Waals surface area contributed by atoms with Crippen LogP contribution in [0, 0.1) is 6.92 Å². The van der Waals surface area contributed by atoms with Crippen LogP contribution in [0.25, 0.3) is 11.0 Å². The van der Waals surface area contributed by atoms with Gasteiger partial charge in [-0.05, 0) is 49.2 Å². The average molecular weight is 442 g/mol. The number of aromatic nitrogens is 1. The van der Waals surface area contributed by atoms with Crippen molar-refractivity contribution in [3.05, 3.63) is 99.5 Å². The number of fused-ring (bicyclic) bond motifs is 1. The largest absolute Gasteiger partial charge is 0.440 e. The van der Waals surface area contributed by atoms with Gasteiger partial charge >= 0.3 is 0 Å². The fraction of sp³-hybridized carbons (Fsp3) is 0.259. The van der Waals surface area contributed by atoms with Gasteiger partial charge in [-0.3, -0.25) is 9.78 Å². The number of aryl methyl sites for hydroxylation is 1. The minimum absolute atomic E-state index is 0.0356. The van der Waals surface area contributed by atoms with Gasteiger partial charge in [0.25, 0.3) is 0 Å². The molecule has 5 rings (SSSR count). The van der Waals surface area contributed by atoms with Crippen LogP contribution in [0.1, 0.15) is 41.1 Å². The SMILES string of the molecule is Cc1cc(C(C)Nc2ccccc2CO)c2oc(N3CC(c4ccncc4)C3)cc(=O)c2c1. The van der Waals surface area contributed by atoms with Crippen molar-refractivity contribution in [2.45, 2.75) is 32.4 Å². The molecule has 2 aromatic carbocycles. The monoisotopic (exact) mass is 441 g/mol. The molecule has 1 unspecified atom stereocenters. The number of nitrogens with one attached hydrogen (secondary N) is 1. The van der Waals surface area contributed by atoms with Crippen molar-refractivity contribution in [3.8, 4) is 0 Å². The summed E-state index contributed by atoms with van der Waals surface area (Å²) in [6.45, 7) is 5.59. The average Bonchev–Trinajstić information content (AvgIpc) is 2.79. The van der Waals surface area contributed by atoms with E-state index in [2.05, 4.69) is 21.3 Å². The summed E-state index contributed by atoms with van der Waals surface area (Å²) in [5, 5.41) is 13.7. The molecule has 0 bridgehead atoms. The van der Waals surface area contributed by atoms with Crippen LogP contribution in [-0.4, -0.2) is 23.2 Å². The van der Waals surface area contributed by atoms with Crippen LogP contribution < -0.4 is 15.6 Å². The lowest BCUT2D eigenvalue weighted by molar-refractivity contribution is 0.282. The molecule has 0 saturated carbocycles. The van der Waals surface area contributed by atoms with Gasteiger partial charge in [0.15, 0.2) is 11.3 Å². The summed E-state index contributed by atoms with van der Waals surface area (Å²) in [5.41, 5.74) is 5.44. The topological polar surface area (TPSA) is 78.6 Å². The molecule has 2 aromatic heterocycles. The van der Waals surface area contributed by atoms with Gasteiger partial charge in [0, 0.05) is 54.3 Å². The summed E-state index contributed by atoms with van der Waals surface area (Å²) in [7, 11) is 0. The molecule has 6 nitrogen and oxygen atoms in total. The minimum Gasteiger partial charge on any atom is -0.440 e. The zero-order chi connectivity index (χ0) is 22.9. The van der Waals surface area contributed by atoms with Crippen LogP contribution in [-0.2, 0) is 6.61 Å². The van der Waals surface area contributed by atoms with E-state index in [1.165, 1.54) is 5.56 Å². The smallest absolute Gasteiger partial charge is 0.200 e. The van der Waals surface area contributed by atoms with Crippen LogP contribution in [0.3, 0.4) is 0 Å². The number of pyridine rings is 1. The Balaban J connectivity index is 1.48. The molecule has 3 heterocycles. The standard InChI is InChI=1S/C27H27N3O3/c1-17-11-22(18(2)29-24-6-4-3-5-20(24)16-31)27-23(12-17)25(32)13-26(33-27)30-14-21(15-30)19-7-9-28-10-8-19/h3-13,18,21,29,31H,14-16H2,1-2H3. The van der Waals surface area contributed by atoms with Crippen molar-refractivity contribution in [2.24, 2.45) is 0 Å². The maximum atomic E-state index is 13.0. The molecular formula is C27H27N3O3. The highest BCUT2D eigenvalue weighted by molar-refractivity contribution is 5.83. The lowest BCUT2D eigenvalue weighted by atomic mass is 9.92. The molecule has 168 valence electrons. The first kappa shape index (κ1) is 21.2. The maximum absolute atomic E-state index is 13.0. The van der Waals surface area contributed by atoms with E-state index >= 15 is 0 Å². The molecule has 33 heavy (non-hydrogen) atoms. The maximum Gasteiger partial charge on any atom is 0.200 e. The van der Waals surface area contributed by atoms with Crippen molar-refractivity contribution >= 4 is 22.5 Å². The molecule has 4 aromatic rings. The lowest BCUT2D eigenvalue weighted by Crippen LogP contribution is -2.45. The van der Waals surface area contributed by atoms with E-state index in [0.29, 0.717) is 22.8 Å². The van der Waals surface area contributed by atoms with Crippen molar-refractivity contribution in [1.29, 1.82) is 0 Å². The van der Waals surface area contributed by atoms with Gasteiger partial charge < -0.3 is 19.7 Å². The third-order valence-electron chi connectivity index (χ3n) is 6.39. The highest BCUT2D eigenvalue weighted by Crippen LogP contribution is 2.34. The zero-order valence-electron chi connectivity index (χ0n) is 18.8. The molecule has 1 fully saturated rings. The second-order valence-corrected chi connectivity index (χ2v) is 8.74. The third kappa shape index (κ3) is 4.10. The Kier molecular flexibility index (Phi) is 5.60. The van der Waals surface area contributed by atoms with E-state index < -0.39 is 0 Å². The van der Waals surface area contributed by atoms with E-state index in [9.17, 15) is 9.90 Å². The number of nitrogens with zero attached hydrogens (tertiary/aromatic N) is 2. The number of hydrogen-bond acceptors (Lipinski definition) is 6. The van der Waals surface area contributed by atoms with Crippen molar-refractivity contribution in [2.75, 3.05) is 23.3 Å². The number of para-hydroxylation sites is 1. The Morgan fingerprint density at radius 1 is 1.15 bits per heavy atom. The summed E-state index contributed by atoms with van der Waals surface area (Å²) in [5.74, 6) is 1.01. The number of aliphatic hydroxyl groups excluding tert-OH is 1. The molecule has 1 atom stereocenters. The summed E-state index contributed by atoms with van der Waals surface area (Å²) >= 11 is 0. The van der Waals surface area contributed by atoms with Crippen LogP contribution in [0.15, 0.2) is 76.2 Å². The molecule has 0 spiro atoms. The van der Waals surface area contributed by atoms with Gasteiger partial charge in [-0.15, -0.1) is 0 Å². The summed E-state index contributed by atoms with van der Waals surface area (Å²) in [6, 6.07) is 17.2. The molecule has 1 aliphatic heterocycles. The van der Waals surface area contributed by atoms with E-state index in [0.717, 1.165) is 35.5 Å². The highest BCUT2D eigenvalue weighted by atomic mass is 16.4. The molecule has 6 heteroatoms. The van der Waals surface area contributed by atoms with Crippen LogP contribution >= 0.6 is 0 Å². The minimum atomic E-state index is -0.126. The van der Waals surface area contributed by atoms with Gasteiger partial charge in [-0.2, -0.15) is 0 Å². The highest BCUT2D eigenvalue weighted by Gasteiger charge is 2.30. The lowest BCUT2D eigenvalue weighted by Gasteiger charge is -2.39. The van der Waals surface area contributed by atoms with Crippen LogP contribution in [0.5, 0.6) is 0 Å². The molecule has 0 aliphatic carbocycles. The van der Waals surface area contributed by atoms with Crippen molar-refractivity contribution in [1.82, 2.24) is 4.98 Å². The molecule has 1 aliphatic rings. The predicted octanol–water partition coefficient (Wildman–Crippen LogP) is 4.77. The zero-order valence-corrected chi connectivity index (χ0v) is 18.8. The summed E-state index contributed by atoms with van der Waals surface area (Å²) < 4.78 is 6.36. The second kappa shape index (κ2) is 8.71. The predicted molar refractivity (Wildman–Crippen MR) is 131 cm³/mol. The molecule has 0 amide bonds. The molecule has 1 saturated heterocycles. The van der Waals surface area contributed by atoms with Gasteiger partial charge in [0.2, 0.25) is 0 Å². The van der Waals surface area contributed by atoms with Crippen LogP contribution in [0.4, 0.5) is 11.6 Å². The first-order chi connectivity index (χ1) is 16.0. The van der Waals surface area contributed by atoms with Crippen molar-refractivity contribution in [3.63, 3.8) is 0 Å². The van der Waals surface area contributed by atoms with E-state index in [-0.39, 0.29) is 18.1 Å². The Labute approximate surface area is 192 Å². The fourth-order valence-corrected chi connectivity index (χ4v) is 4.51. The Morgan fingerprint density at radius 2 is 1.91 bits per heavy atom. The van der Waals surface area contributed by atoms with Gasteiger partial charge in [0.1, 0.15) is 5.58 Å². The Morgan fingerprint density at radius 3 is 2.67 bits per heavy atom. The summed E-state index contributed by atoms with van der Waals surface area (Å²) in [6.07, 6.45) is 3.62. The molecular weight excluding hydrogens is 414 g/mol. The normalized spacial score (nSPS) is 14.8. The molecule has 0 radical (unpaired) electrons. The Bertz CT molecular complexity index is 1340. The van der Waals surface area contributed by atoms with Gasteiger partial charge in [-0.25, -0.2) is 0 Å². The quantitative estimate of drug-likeness (QED) is 0.449. The number of rotatable bonds is 6. The molecule has 2 N–H and O–H groups in total. The third-order valence-corrected chi connectivity index (χ3v) is 6.39. The first-order valence-corrected chi connectivity index (χ1v) is 11.2. The van der Waals surface area contributed by atoms with Gasteiger partial charge in [0.05, 0.1) is 18.0 Å². The number of aliphatic hydroxyl groups is 1. The second-order valence-electron chi connectivity index (χ2n) is 8.74. The summed E-state index contributed by atoms with van der Waals surface area (Å²) in [4.78, 5) is 19.2. The van der Waals surface area contributed by atoms with E-state index in [1.807, 2.05) is 68.7 Å². The van der Waals surface area contributed by atoms with E-state index in [4.69, 9.17) is 4.42 Å². The van der Waals surface area contributed by atoms with Gasteiger partial charge in [-0.1, -0.05) is 24.3 Å². The number of hydrogen-bond donors (Lipinski definition) is 2. The van der Waals surface area contributed by atoms with E-state index in [1.54, 1.807) is 6.07 Å². The number of anilines is 2. The van der Waals surface area contributed by atoms with Crippen molar-refractivity contribution < 1.29 is 9.52 Å². The number of benzene rings is 2. The first-order valence-electron chi connectivity index (χ1n) is 11.2.